The number of alkyl halides is 1. The third kappa shape index (κ3) is 3.69. The van der Waals surface area contributed by atoms with Crippen LogP contribution in [0.4, 0.5) is 4.39 Å². The Morgan fingerprint density at radius 3 is 2.79 bits per heavy atom. The van der Waals surface area contributed by atoms with Crippen molar-refractivity contribution in [2.45, 2.75) is 26.2 Å². The highest BCUT2D eigenvalue weighted by Gasteiger charge is 2.26. The number of halogens is 2. The number of carbonyl (C=O) groups excluding carboxylic acids is 1. The van der Waals surface area contributed by atoms with E-state index in [0.29, 0.717) is 29.8 Å². The molecule has 0 aromatic heterocycles. The van der Waals surface area contributed by atoms with Crippen LogP contribution in [-0.2, 0) is 0 Å². The molecule has 1 saturated carbocycles. The Bertz CT molecular complexity index is 443. The summed E-state index contributed by atoms with van der Waals surface area (Å²) in [4.78, 5) is 12.0. The molecule has 2 rings (SSSR count). The van der Waals surface area contributed by atoms with Crippen molar-refractivity contribution in [1.29, 1.82) is 0 Å². The molecule has 1 aromatic carbocycles. The van der Waals surface area contributed by atoms with Gasteiger partial charge in [-0.3, -0.25) is 4.79 Å². The van der Waals surface area contributed by atoms with Gasteiger partial charge in [-0.15, -0.1) is 11.6 Å². The van der Waals surface area contributed by atoms with Gasteiger partial charge < -0.3 is 5.32 Å². The second kappa shape index (κ2) is 6.38. The first kappa shape index (κ1) is 14.3. The molecule has 0 heterocycles. The summed E-state index contributed by atoms with van der Waals surface area (Å²) >= 11 is 5.91. The Morgan fingerprint density at radius 1 is 1.37 bits per heavy atom. The van der Waals surface area contributed by atoms with E-state index in [4.69, 9.17) is 11.6 Å². The number of aryl methyl sites for hydroxylation is 1. The summed E-state index contributed by atoms with van der Waals surface area (Å²) in [7, 11) is 0. The van der Waals surface area contributed by atoms with Crippen molar-refractivity contribution < 1.29 is 9.18 Å². The SMILES string of the molecule is Cc1cc(F)cc(C(=O)NCC2CCCC2CCl)c1. The fourth-order valence-electron chi connectivity index (χ4n) is 2.78. The highest BCUT2D eigenvalue weighted by molar-refractivity contribution is 6.18. The molecule has 4 heteroatoms. The van der Waals surface area contributed by atoms with Gasteiger partial charge >= 0.3 is 0 Å². The number of carbonyl (C=O) groups is 1. The number of rotatable bonds is 4. The van der Waals surface area contributed by atoms with Gasteiger partial charge in [-0.05, 0) is 55.4 Å². The van der Waals surface area contributed by atoms with Gasteiger partial charge in [-0.2, -0.15) is 0 Å². The van der Waals surface area contributed by atoms with E-state index in [9.17, 15) is 9.18 Å². The van der Waals surface area contributed by atoms with Crippen LogP contribution in [-0.4, -0.2) is 18.3 Å². The van der Waals surface area contributed by atoms with E-state index in [2.05, 4.69) is 5.32 Å². The fraction of sp³-hybridized carbons (Fsp3) is 0.533. The third-order valence-corrected chi connectivity index (χ3v) is 4.24. The summed E-state index contributed by atoms with van der Waals surface area (Å²) in [5.41, 5.74) is 1.14. The first-order chi connectivity index (χ1) is 9.10. The summed E-state index contributed by atoms with van der Waals surface area (Å²) in [6.07, 6.45) is 3.43. The Morgan fingerprint density at radius 2 is 2.11 bits per heavy atom. The maximum atomic E-state index is 13.2. The number of nitrogens with one attached hydrogen (secondary N) is 1. The average molecular weight is 284 g/mol. The van der Waals surface area contributed by atoms with Crippen LogP contribution in [0.1, 0.15) is 35.2 Å². The molecule has 1 amide bonds. The second-order valence-electron chi connectivity index (χ2n) is 5.33. The molecule has 0 saturated heterocycles. The van der Waals surface area contributed by atoms with Crippen LogP contribution >= 0.6 is 11.6 Å². The van der Waals surface area contributed by atoms with E-state index in [0.717, 1.165) is 18.4 Å². The van der Waals surface area contributed by atoms with Crippen LogP contribution in [0.5, 0.6) is 0 Å². The lowest BCUT2D eigenvalue weighted by Gasteiger charge is -2.17. The zero-order chi connectivity index (χ0) is 13.8. The topological polar surface area (TPSA) is 29.1 Å². The summed E-state index contributed by atoms with van der Waals surface area (Å²) in [6.45, 7) is 2.41. The number of amides is 1. The van der Waals surface area contributed by atoms with E-state index in [1.807, 2.05) is 0 Å². The minimum Gasteiger partial charge on any atom is -0.352 e. The van der Waals surface area contributed by atoms with Gasteiger partial charge in [0.15, 0.2) is 0 Å². The van der Waals surface area contributed by atoms with Gasteiger partial charge in [0.1, 0.15) is 5.82 Å². The fourth-order valence-corrected chi connectivity index (χ4v) is 3.19. The molecule has 0 aliphatic heterocycles. The Hall–Kier alpha value is -1.09. The molecule has 19 heavy (non-hydrogen) atoms. The highest BCUT2D eigenvalue weighted by Crippen LogP contribution is 2.31. The maximum Gasteiger partial charge on any atom is 0.251 e. The normalized spacial score (nSPS) is 22.5. The van der Waals surface area contributed by atoms with Crippen molar-refractivity contribution in [3.63, 3.8) is 0 Å². The largest absolute Gasteiger partial charge is 0.352 e. The third-order valence-electron chi connectivity index (χ3n) is 3.84. The van der Waals surface area contributed by atoms with Gasteiger partial charge in [-0.1, -0.05) is 6.42 Å². The lowest BCUT2D eigenvalue weighted by atomic mass is 9.98. The molecule has 2 atom stereocenters. The summed E-state index contributed by atoms with van der Waals surface area (Å²) in [6, 6.07) is 4.39. The lowest BCUT2D eigenvalue weighted by Crippen LogP contribution is -2.31. The van der Waals surface area contributed by atoms with Crippen LogP contribution in [0.3, 0.4) is 0 Å². The zero-order valence-corrected chi connectivity index (χ0v) is 11.8. The monoisotopic (exact) mass is 283 g/mol. The Kier molecular flexibility index (Phi) is 4.81. The van der Waals surface area contributed by atoms with Crippen LogP contribution in [0.15, 0.2) is 18.2 Å². The molecule has 104 valence electrons. The van der Waals surface area contributed by atoms with Crippen LogP contribution in [0.2, 0.25) is 0 Å². The van der Waals surface area contributed by atoms with Crippen LogP contribution in [0.25, 0.3) is 0 Å². The second-order valence-corrected chi connectivity index (χ2v) is 5.64. The summed E-state index contributed by atoms with van der Waals surface area (Å²) in [5.74, 6) is 1.03. The van der Waals surface area contributed by atoms with Crippen molar-refractivity contribution in [2.75, 3.05) is 12.4 Å². The van der Waals surface area contributed by atoms with Gasteiger partial charge in [0, 0.05) is 18.0 Å². The average Bonchev–Trinajstić information content (AvgIpc) is 2.82. The molecule has 1 fully saturated rings. The summed E-state index contributed by atoms with van der Waals surface area (Å²) in [5, 5.41) is 2.90. The first-order valence-corrected chi connectivity index (χ1v) is 7.25. The molecule has 0 bridgehead atoms. The van der Waals surface area contributed by atoms with E-state index in [1.54, 1.807) is 13.0 Å². The zero-order valence-electron chi connectivity index (χ0n) is 11.1. The Balaban J connectivity index is 1.94. The Labute approximate surface area is 118 Å². The minimum absolute atomic E-state index is 0.206. The smallest absolute Gasteiger partial charge is 0.251 e. The van der Waals surface area contributed by atoms with Gasteiger partial charge in [-0.25, -0.2) is 4.39 Å². The molecule has 1 aliphatic carbocycles. The molecule has 1 aromatic rings. The van der Waals surface area contributed by atoms with E-state index in [1.165, 1.54) is 18.6 Å². The number of benzene rings is 1. The first-order valence-electron chi connectivity index (χ1n) is 6.71. The maximum absolute atomic E-state index is 13.2. The van der Waals surface area contributed by atoms with Gasteiger partial charge in [0.2, 0.25) is 0 Å². The predicted molar refractivity (Wildman–Crippen MR) is 75.0 cm³/mol. The molecule has 2 nitrogen and oxygen atoms in total. The van der Waals surface area contributed by atoms with Gasteiger partial charge in [0.25, 0.3) is 5.91 Å². The molecule has 1 aliphatic rings. The molecular weight excluding hydrogens is 265 g/mol. The highest BCUT2D eigenvalue weighted by atomic mass is 35.5. The van der Waals surface area contributed by atoms with Crippen LogP contribution < -0.4 is 5.32 Å². The molecule has 0 radical (unpaired) electrons. The summed E-state index contributed by atoms with van der Waals surface area (Å²) < 4.78 is 13.2. The predicted octanol–water partition coefficient (Wildman–Crippen LogP) is 3.52. The van der Waals surface area contributed by atoms with Crippen molar-refractivity contribution >= 4 is 17.5 Å². The quantitative estimate of drug-likeness (QED) is 0.842. The van der Waals surface area contributed by atoms with Crippen molar-refractivity contribution in [3.05, 3.63) is 35.1 Å². The van der Waals surface area contributed by atoms with Gasteiger partial charge in [0.05, 0.1) is 0 Å². The standard InChI is InChI=1S/C15H19ClFNO/c1-10-5-13(7-14(17)6-10)15(19)18-9-12-4-2-3-11(12)8-16/h5-7,11-12H,2-4,8-9H2,1H3,(H,18,19). The minimum atomic E-state index is -0.371. The molecular formula is C15H19ClFNO. The van der Waals surface area contributed by atoms with Crippen molar-refractivity contribution in [3.8, 4) is 0 Å². The van der Waals surface area contributed by atoms with Crippen molar-refractivity contribution in [2.24, 2.45) is 11.8 Å². The van der Waals surface area contributed by atoms with Crippen molar-refractivity contribution in [1.82, 2.24) is 5.32 Å². The van der Waals surface area contributed by atoms with Crippen LogP contribution in [0, 0.1) is 24.6 Å². The van der Waals surface area contributed by atoms with E-state index < -0.39 is 0 Å². The number of hydrogen-bond acceptors (Lipinski definition) is 1. The van der Waals surface area contributed by atoms with E-state index >= 15 is 0 Å². The molecule has 0 spiro atoms. The number of hydrogen-bond donors (Lipinski definition) is 1. The molecule has 2 unspecified atom stereocenters. The lowest BCUT2D eigenvalue weighted by molar-refractivity contribution is 0.0944. The molecule has 1 N–H and O–H groups in total. The van der Waals surface area contributed by atoms with E-state index in [-0.39, 0.29) is 11.7 Å².